The Bertz CT molecular complexity index is 7910. The van der Waals surface area contributed by atoms with Gasteiger partial charge in [0, 0.05) is 89.3 Å². The third-order valence-corrected chi connectivity index (χ3v) is 25.6. The van der Waals surface area contributed by atoms with Gasteiger partial charge in [0.1, 0.15) is 40.5 Å². The molecule has 0 saturated heterocycles. The Morgan fingerprint density at radius 1 is 0.308 bits per heavy atom. The second-order valence-corrected chi connectivity index (χ2v) is 35.0. The van der Waals surface area contributed by atoms with Gasteiger partial charge in [0.2, 0.25) is 0 Å². The van der Waals surface area contributed by atoms with Gasteiger partial charge in [-0.15, -0.1) is 41.4 Å². The molecule has 3 aromatic heterocycles. The summed E-state index contributed by atoms with van der Waals surface area (Å²) in [7, 11) is 0. The zero-order valence-corrected chi connectivity index (χ0v) is 78.7. The Morgan fingerprint density at radius 2 is 0.622 bits per heavy atom. The normalized spacial score (nSPS) is 13.7. The number of hydrogen-bond acceptors (Lipinski definition) is 15. The molecule has 16 nitrogen and oxygen atoms in total. The van der Waals surface area contributed by atoms with E-state index in [-0.39, 0.29) is 44.1 Å². The molecule has 2 atom stereocenters. The maximum Gasteiger partial charge on any atom is 1.00 e. The average Bonchev–Trinajstić information content (AvgIpc) is 1.52. The number of hydrogen-bond donors (Lipinski definition) is 2. The Hall–Kier alpha value is -16.8. The maximum atomic E-state index is 13.0. The molecule has 0 fully saturated rings. The second-order valence-electron chi connectivity index (χ2n) is 33.6. The summed E-state index contributed by atoms with van der Waals surface area (Å²) >= 11 is 19.6. The Labute approximate surface area is 854 Å². The van der Waals surface area contributed by atoms with E-state index in [1.165, 1.54) is 0 Å². The monoisotopic (exact) mass is 1910 g/mol. The first-order valence-electron chi connectivity index (χ1n) is 45.7. The van der Waals surface area contributed by atoms with Crippen LogP contribution in [0.25, 0.3) is 136 Å². The Balaban J connectivity index is 0.000000125. The van der Waals surface area contributed by atoms with Crippen molar-refractivity contribution in [3.63, 3.8) is 0 Å². The number of aliphatic carboxylic acids is 1. The molecular weight excluding hydrogens is 1830 g/mol. The zero-order chi connectivity index (χ0) is 95.9. The van der Waals surface area contributed by atoms with E-state index in [0.29, 0.717) is 107 Å². The molecule has 17 aromatic carbocycles. The number of carbonyl (C=O) groups excluding carboxylic acids is 1. The predicted molar refractivity (Wildman–Crippen MR) is 563 cm³/mol. The van der Waals surface area contributed by atoms with Crippen molar-refractivity contribution < 1.29 is 52.9 Å². The molecule has 20 aromatic rings. The minimum atomic E-state index is -1.57. The third-order valence-electron chi connectivity index (χ3n) is 24.9. The van der Waals surface area contributed by atoms with Gasteiger partial charge in [-0.3, -0.25) is 9.59 Å². The van der Waals surface area contributed by atoms with Gasteiger partial charge in [0.05, 0.1) is 16.9 Å². The van der Waals surface area contributed by atoms with Gasteiger partial charge in [-0.1, -0.05) is 400 Å². The Morgan fingerprint density at radius 3 is 1.05 bits per heavy atom. The van der Waals surface area contributed by atoms with Crippen molar-refractivity contribution >= 4 is 46.6 Å². The summed E-state index contributed by atoms with van der Waals surface area (Å²) in [5.74, 6) is 8.13. The van der Waals surface area contributed by atoms with E-state index in [1.54, 1.807) is 6.07 Å². The van der Waals surface area contributed by atoms with Gasteiger partial charge in [0.25, 0.3) is 5.97 Å². The van der Waals surface area contributed by atoms with Crippen LogP contribution in [0, 0.1) is 12.0 Å². The van der Waals surface area contributed by atoms with Crippen LogP contribution in [0.5, 0.6) is 28.7 Å². The quantitative estimate of drug-likeness (QED) is 0.0858. The van der Waals surface area contributed by atoms with E-state index in [1.807, 2.05) is 388 Å². The van der Waals surface area contributed by atoms with E-state index in [0.717, 1.165) is 124 Å². The summed E-state index contributed by atoms with van der Waals surface area (Å²) in [5.41, 5.74) is 18.7. The zero-order valence-electron chi connectivity index (χ0n) is 76.5. The van der Waals surface area contributed by atoms with Crippen molar-refractivity contribution in [2.24, 2.45) is 5.92 Å². The van der Waals surface area contributed by atoms with Gasteiger partial charge < -0.3 is 24.4 Å². The van der Waals surface area contributed by atoms with Crippen molar-refractivity contribution in [3.8, 4) is 165 Å². The average molecular weight is 1910 g/mol. The van der Waals surface area contributed by atoms with E-state index >= 15 is 0 Å². The molecule has 143 heavy (non-hydrogen) atoms. The summed E-state index contributed by atoms with van der Waals surface area (Å²) in [4.78, 5) is 65.6. The molecule has 1 spiro atoms. The van der Waals surface area contributed by atoms with E-state index in [2.05, 4.69) is 60.7 Å². The number of Topliss-reactive ketones (excluding diaryl/α,β-unsaturated/α-hetero) is 1. The van der Waals surface area contributed by atoms with Crippen molar-refractivity contribution in [2.45, 2.75) is 31.5 Å². The number of rotatable bonds is 12. The molecule has 5 aliphatic rings. The van der Waals surface area contributed by atoms with Crippen LogP contribution in [-0.4, -0.2) is 72.9 Å². The van der Waals surface area contributed by atoms with Crippen LogP contribution < -0.4 is 33.1 Å². The number of para-hydroxylation sites is 5. The van der Waals surface area contributed by atoms with Gasteiger partial charge in [-0.2, -0.15) is 0 Å². The molecule has 20 heteroatoms. The molecular formula is C123H85Cl3LiN9O7. The number of carbonyl (C=O) groups is 2. The first-order chi connectivity index (χ1) is 69.2. The van der Waals surface area contributed by atoms with E-state index in [9.17, 15) is 9.90 Å². The number of carboxylic acids is 1. The number of halogens is 3. The number of carboxylic acid groups (broad SMARTS) is 1. The summed E-state index contributed by atoms with van der Waals surface area (Å²) < 4.78 is 18.5. The smallest absolute Gasteiger partial charge is 0.484 e. The topological polar surface area (TPSA) is 218 Å². The SMILES string of the molecule is C.CC(=O)O.Clc1c[c-]c(-c2ccccc2-c2nc(-c3ccccc3)nc(-c3ccccc3)n2)cc1.Clc1ccc2c(c1)C1(c3ccccc3Oc3ccccc31)c1cccc(-c3nc(-c4ccccc4)nc(-c4ccccc4)n3)c1-2.O=C1c2ccccc2OC2C=CC=CC12.OC1(c2cc(Cl)ccc2-c2ccccc2-c2nc(-c3ccccc3)nc(-c3ccccc3)n2)c2ccccc2Oc2ccccc21.[Li+]. The molecule has 686 valence electrons. The number of fused-ring (bicyclic) bond motifs is 13. The fourth-order valence-corrected chi connectivity index (χ4v) is 19.1. The molecule has 2 N–H and O–H groups in total. The van der Waals surface area contributed by atoms with Crippen molar-refractivity contribution in [1.29, 1.82) is 0 Å². The van der Waals surface area contributed by atoms with Gasteiger partial charge in [-0.25, -0.2) is 44.9 Å². The summed E-state index contributed by atoms with van der Waals surface area (Å²) in [5, 5.41) is 22.2. The molecule has 0 amide bonds. The van der Waals surface area contributed by atoms with E-state index < -0.39 is 17.0 Å². The first kappa shape index (κ1) is 95.2. The van der Waals surface area contributed by atoms with Gasteiger partial charge >= 0.3 is 18.9 Å². The largest absolute Gasteiger partial charge is 1.00 e. The van der Waals surface area contributed by atoms with E-state index in [4.69, 9.17) is 104 Å². The number of benzene rings is 17. The van der Waals surface area contributed by atoms with Crippen LogP contribution in [0.1, 0.15) is 63.7 Å². The van der Waals surface area contributed by atoms with Gasteiger partial charge in [0.15, 0.2) is 58.2 Å². The molecule has 0 radical (unpaired) electrons. The van der Waals surface area contributed by atoms with Crippen LogP contribution in [0.15, 0.2) is 449 Å². The number of ether oxygens (including phenoxy) is 3. The summed E-state index contributed by atoms with van der Waals surface area (Å²) in [6.07, 6.45) is 7.53. The molecule has 0 bridgehead atoms. The van der Waals surface area contributed by atoms with Crippen molar-refractivity contribution in [2.75, 3.05) is 0 Å². The second kappa shape index (κ2) is 42.1. The molecule has 2 aliphatic carbocycles. The van der Waals surface area contributed by atoms with Gasteiger partial charge in [-0.05, 0) is 111 Å². The van der Waals surface area contributed by atoms with Crippen LogP contribution in [-0.2, 0) is 15.8 Å². The molecule has 3 aliphatic heterocycles. The third kappa shape index (κ3) is 19.1. The number of aliphatic hydroxyl groups is 1. The molecule has 2 unspecified atom stereocenters. The maximum absolute atomic E-state index is 13.0. The minimum absolute atomic E-state index is 0. The van der Waals surface area contributed by atoms with Crippen LogP contribution in [0.4, 0.5) is 0 Å². The predicted octanol–water partition coefficient (Wildman–Crippen LogP) is 26.7. The number of ketones is 1. The molecule has 25 rings (SSSR count). The minimum Gasteiger partial charge on any atom is -0.484 e. The standard InChI is InChI=1S/C40H26ClN3O2.C40H24ClN3O.C27H17ClN3.C13H10O2.C2H4O2.CH4.Li/c41-28-23-24-30(34(25-28)40(45)32-19-9-11-21-35(32)46-36-22-12-10-20-33(36)40)29-17-7-8-18-31(29)39-43-37(26-13-3-1-4-14-26)42-38(44-39)27-15-5-2-6-16-27;41-27-22-23-28-33(24-27)40(30-17-7-9-20-34(30)45-35-21-10-8-18-31(35)40)32-19-11-16-29(36(28)32)39-43-37(25-12-3-1-4-13-25)42-38(44-39)26-14-5-2-6-15-26;28-22-17-15-19(16-18-22)23-13-7-8-14-24(23)27-30-25(20-9-3-1-4-10-20)29-26(31-27)21-11-5-2-6-12-21;14-13-9-5-1-3-7-11(9)15-12-8-4-2-6-10(12)13;1-2(3)4;;/h1-25,45H;1-24H;1-15,17-18H;1-9,11H;1H3,(H,3,4);1H4;/q;;-1;;;;+1. The molecule has 0 saturated carbocycles. The van der Waals surface area contributed by atoms with Crippen LogP contribution in [0.3, 0.4) is 0 Å². The number of nitrogens with zero attached hydrogens (tertiary/aromatic N) is 9. The summed E-state index contributed by atoms with van der Waals surface area (Å²) in [6.45, 7) is 1.08. The van der Waals surface area contributed by atoms with Crippen molar-refractivity contribution in [1.82, 2.24) is 44.9 Å². The van der Waals surface area contributed by atoms with Crippen molar-refractivity contribution in [3.05, 3.63) is 515 Å². The fourth-order valence-electron chi connectivity index (χ4n) is 18.6. The summed E-state index contributed by atoms with van der Waals surface area (Å²) in [6, 6.07) is 142. The molecule has 6 heterocycles. The first-order valence-corrected chi connectivity index (χ1v) is 46.8. The van der Waals surface area contributed by atoms with Crippen LogP contribution in [0.2, 0.25) is 15.1 Å². The number of allylic oxidation sites excluding steroid dienone is 2. The number of aromatic nitrogens is 9. The fraction of sp³-hybridized carbons (Fsp3) is 0.0488. The Kier molecular flexibility index (Phi) is 28.0. The van der Waals surface area contributed by atoms with Crippen LogP contribution >= 0.6 is 34.8 Å².